The zero-order valence-corrected chi connectivity index (χ0v) is 12.3. The minimum atomic E-state index is -0.513. The zero-order valence-electron chi connectivity index (χ0n) is 11.5. The van der Waals surface area contributed by atoms with E-state index in [1.165, 1.54) is 16.2 Å². The van der Waals surface area contributed by atoms with Crippen molar-refractivity contribution in [3.05, 3.63) is 21.9 Å². The molecule has 20 heavy (non-hydrogen) atoms. The fraction of sp³-hybridized carbons (Fsp3) is 0.429. The van der Waals surface area contributed by atoms with Crippen LogP contribution in [0.15, 0.2) is 11.4 Å². The summed E-state index contributed by atoms with van der Waals surface area (Å²) in [5.74, 6) is 4.89. The van der Waals surface area contributed by atoms with Crippen LogP contribution in [0, 0.1) is 11.8 Å². The van der Waals surface area contributed by atoms with Gasteiger partial charge in [-0.05, 0) is 17.9 Å². The summed E-state index contributed by atoms with van der Waals surface area (Å²) >= 11 is 1.31. The predicted octanol–water partition coefficient (Wildman–Crippen LogP) is 0.786. The highest BCUT2D eigenvalue weighted by Gasteiger charge is 2.20. The van der Waals surface area contributed by atoms with E-state index in [4.69, 9.17) is 11.5 Å². The summed E-state index contributed by atoms with van der Waals surface area (Å²) in [6, 6.07) is 1.78. The summed E-state index contributed by atoms with van der Waals surface area (Å²) in [5, 5.41) is 1.80. The van der Waals surface area contributed by atoms with Crippen molar-refractivity contribution in [1.29, 1.82) is 0 Å². The highest BCUT2D eigenvalue weighted by molar-refractivity contribution is 7.12. The van der Waals surface area contributed by atoms with Crippen LogP contribution in [-0.2, 0) is 4.79 Å². The van der Waals surface area contributed by atoms with Gasteiger partial charge in [0, 0.05) is 12.1 Å². The average Bonchev–Trinajstić information content (AvgIpc) is 2.88. The average molecular weight is 293 g/mol. The number of primary amides is 1. The fourth-order valence-corrected chi connectivity index (χ4v) is 2.47. The topological polar surface area (TPSA) is 89.4 Å². The number of unbranched alkanes of at least 4 members (excludes halogenated alkanes) is 1. The third kappa shape index (κ3) is 4.68. The molecule has 0 aliphatic heterocycles. The number of nitrogens with two attached hydrogens (primary N) is 2. The highest BCUT2D eigenvalue weighted by atomic mass is 32.1. The largest absolute Gasteiger partial charge is 0.368 e. The van der Waals surface area contributed by atoms with Gasteiger partial charge in [0.25, 0.3) is 5.91 Å². The SMILES string of the molecule is CCCCN(CC(N)=O)C(=O)c1sccc1C#CCN. The van der Waals surface area contributed by atoms with Gasteiger partial charge in [-0.2, -0.15) is 0 Å². The lowest BCUT2D eigenvalue weighted by molar-refractivity contribution is -0.118. The zero-order chi connectivity index (χ0) is 15.0. The first-order valence-electron chi connectivity index (χ1n) is 6.44. The van der Waals surface area contributed by atoms with E-state index in [0.29, 0.717) is 17.0 Å². The van der Waals surface area contributed by atoms with Crippen LogP contribution in [0.2, 0.25) is 0 Å². The fourth-order valence-electron chi connectivity index (χ4n) is 1.65. The molecule has 5 nitrogen and oxygen atoms in total. The molecule has 0 aromatic carbocycles. The van der Waals surface area contributed by atoms with Gasteiger partial charge in [-0.3, -0.25) is 9.59 Å². The lowest BCUT2D eigenvalue weighted by atomic mass is 10.2. The number of thiophene rings is 1. The highest BCUT2D eigenvalue weighted by Crippen LogP contribution is 2.18. The molecule has 1 rings (SSSR count). The van der Waals surface area contributed by atoms with Crippen molar-refractivity contribution in [1.82, 2.24) is 4.90 Å². The van der Waals surface area contributed by atoms with E-state index < -0.39 is 5.91 Å². The molecule has 6 heteroatoms. The van der Waals surface area contributed by atoms with E-state index in [-0.39, 0.29) is 19.0 Å². The van der Waals surface area contributed by atoms with Gasteiger partial charge in [0.2, 0.25) is 5.91 Å². The summed E-state index contributed by atoms with van der Waals surface area (Å²) in [4.78, 5) is 25.6. The van der Waals surface area contributed by atoms with E-state index in [0.717, 1.165) is 12.8 Å². The van der Waals surface area contributed by atoms with Gasteiger partial charge >= 0.3 is 0 Å². The number of carbonyl (C=O) groups is 2. The smallest absolute Gasteiger partial charge is 0.265 e. The molecule has 108 valence electrons. The van der Waals surface area contributed by atoms with Gasteiger partial charge in [-0.1, -0.05) is 25.2 Å². The minimum Gasteiger partial charge on any atom is -0.368 e. The van der Waals surface area contributed by atoms with Crippen molar-refractivity contribution in [2.45, 2.75) is 19.8 Å². The monoisotopic (exact) mass is 293 g/mol. The molecule has 4 N–H and O–H groups in total. The second-order valence-electron chi connectivity index (χ2n) is 4.22. The molecule has 2 amide bonds. The molecule has 0 bridgehead atoms. The van der Waals surface area contributed by atoms with Crippen LogP contribution in [0.5, 0.6) is 0 Å². The van der Waals surface area contributed by atoms with Gasteiger partial charge in [0.1, 0.15) is 4.88 Å². The maximum atomic E-state index is 12.5. The molecule has 0 fully saturated rings. The van der Waals surface area contributed by atoms with Crippen LogP contribution < -0.4 is 11.5 Å². The molecule has 1 heterocycles. The maximum absolute atomic E-state index is 12.5. The van der Waals surface area contributed by atoms with Crippen molar-refractivity contribution < 1.29 is 9.59 Å². The number of hydrogen-bond donors (Lipinski definition) is 2. The van der Waals surface area contributed by atoms with Crippen LogP contribution in [0.3, 0.4) is 0 Å². The Labute approximate surface area is 122 Å². The Morgan fingerprint density at radius 2 is 2.20 bits per heavy atom. The predicted molar refractivity (Wildman–Crippen MR) is 80.3 cm³/mol. The number of rotatable bonds is 6. The van der Waals surface area contributed by atoms with Crippen molar-refractivity contribution in [2.24, 2.45) is 11.5 Å². The third-order valence-corrected chi connectivity index (χ3v) is 3.50. The molecule has 1 aromatic rings. The van der Waals surface area contributed by atoms with E-state index >= 15 is 0 Å². The summed E-state index contributed by atoms with van der Waals surface area (Å²) in [6.07, 6.45) is 1.76. The molecule has 0 atom stereocenters. The van der Waals surface area contributed by atoms with E-state index in [1.807, 2.05) is 6.92 Å². The lowest BCUT2D eigenvalue weighted by Crippen LogP contribution is -2.39. The van der Waals surface area contributed by atoms with Gasteiger partial charge in [0.15, 0.2) is 0 Å². The Balaban J connectivity index is 2.93. The number of amides is 2. The normalized spacial score (nSPS) is 9.70. The Morgan fingerprint density at radius 3 is 2.80 bits per heavy atom. The van der Waals surface area contributed by atoms with Crippen molar-refractivity contribution >= 4 is 23.2 Å². The molecule has 0 aliphatic carbocycles. The molecule has 0 spiro atoms. The molecule has 0 unspecified atom stereocenters. The summed E-state index contributed by atoms with van der Waals surface area (Å²) in [6.45, 7) is 2.71. The van der Waals surface area contributed by atoms with Gasteiger partial charge in [-0.15, -0.1) is 11.3 Å². The number of nitrogens with zero attached hydrogens (tertiary/aromatic N) is 1. The first-order chi connectivity index (χ1) is 9.60. The van der Waals surface area contributed by atoms with Crippen molar-refractivity contribution in [2.75, 3.05) is 19.6 Å². The molecule has 0 saturated heterocycles. The van der Waals surface area contributed by atoms with Crippen LogP contribution in [0.4, 0.5) is 0 Å². The summed E-state index contributed by atoms with van der Waals surface area (Å²) in [7, 11) is 0. The first kappa shape index (κ1) is 16.2. The van der Waals surface area contributed by atoms with Gasteiger partial charge in [0.05, 0.1) is 13.1 Å². The Bertz CT molecular complexity index is 528. The molecular formula is C14H19N3O2S. The van der Waals surface area contributed by atoms with Crippen molar-refractivity contribution in [3.63, 3.8) is 0 Å². The first-order valence-corrected chi connectivity index (χ1v) is 7.32. The molecule has 0 saturated carbocycles. The van der Waals surface area contributed by atoms with Gasteiger partial charge < -0.3 is 16.4 Å². The molecular weight excluding hydrogens is 274 g/mol. The van der Waals surface area contributed by atoms with E-state index in [1.54, 1.807) is 11.4 Å². The summed E-state index contributed by atoms with van der Waals surface area (Å²) in [5.41, 5.74) is 11.2. The Kier molecular flexibility index (Phi) is 6.77. The van der Waals surface area contributed by atoms with Crippen LogP contribution in [0.1, 0.15) is 35.0 Å². The van der Waals surface area contributed by atoms with E-state index in [9.17, 15) is 9.59 Å². The number of hydrogen-bond acceptors (Lipinski definition) is 4. The third-order valence-electron chi connectivity index (χ3n) is 2.60. The Morgan fingerprint density at radius 1 is 1.45 bits per heavy atom. The molecule has 1 aromatic heterocycles. The van der Waals surface area contributed by atoms with Crippen LogP contribution >= 0.6 is 11.3 Å². The quantitative estimate of drug-likeness (QED) is 0.760. The minimum absolute atomic E-state index is 0.0690. The van der Waals surface area contributed by atoms with Gasteiger partial charge in [-0.25, -0.2) is 0 Å². The van der Waals surface area contributed by atoms with Crippen LogP contribution in [-0.4, -0.2) is 36.3 Å². The second kappa shape index (κ2) is 8.35. The van der Waals surface area contributed by atoms with E-state index in [2.05, 4.69) is 11.8 Å². The standard InChI is InChI=1S/C14H19N3O2S/c1-2-3-8-17(10-12(16)18)14(19)13-11(5-4-7-15)6-9-20-13/h6,9H,2-3,7-8,10,15H2,1H3,(H2,16,18). The lowest BCUT2D eigenvalue weighted by Gasteiger charge is -2.20. The molecule has 0 radical (unpaired) electrons. The second-order valence-corrected chi connectivity index (χ2v) is 5.13. The van der Waals surface area contributed by atoms with Crippen LogP contribution in [0.25, 0.3) is 0 Å². The number of carbonyl (C=O) groups excluding carboxylic acids is 2. The maximum Gasteiger partial charge on any atom is 0.265 e. The Hall–Kier alpha value is -1.84. The molecule has 0 aliphatic rings. The van der Waals surface area contributed by atoms with Crippen molar-refractivity contribution in [3.8, 4) is 11.8 Å². The summed E-state index contributed by atoms with van der Waals surface area (Å²) < 4.78 is 0.